The van der Waals surface area contributed by atoms with Crippen molar-refractivity contribution in [3.63, 3.8) is 0 Å². The molecule has 136 valence electrons. The van der Waals surface area contributed by atoms with E-state index in [1.54, 1.807) is 11.9 Å². The molecule has 2 aromatic rings. The topological polar surface area (TPSA) is 40.6 Å². The van der Waals surface area contributed by atoms with Crippen LogP contribution in [0.15, 0.2) is 42.5 Å². The number of aryl methyl sites for hydroxylation is 1. The molecule has 0 radical (unpaired) electrons. The molecule has 3 rings (SSSR count). The third-order valence-electron chi connectivity index (χ3n) is 4.74. The Kier molecular flexibility index (Phi) is 5.28. The van der Waals surface area contributed by atoms with Gasteiger partial charge in [-0.25, -0.2) is 4.39 Å². The predicted molar refractivity (Wildman–Crippen MR) is 101 cm³/mol. The van der Waals surface area contributed by atoms with Crippen LogP contribution < -0.4 is 9.80 Å². The summed E-state index contributed by atoms with van der Waals surface area (Å²) in [5, 5.41) is 0.165. The van der Waals surface area contributed by atoms with Gasteiger partial charge in [0.25, 0.3) is 0 Å². The SMILES string of the molecule is CCc1ccccc1N1CC(C(=O)N(C)c2ccc(F)cc2Cl)CC1=O. The molecule has 1 unspecified atom stereocenters. The summed E-state index contributed by atoms with van der Waals surface area (Å²) >= 11 is 6.06. The van der Waals surface area contributed by atoms with Crippen LogP contribution in [-0.4, -0.2) is 25.4 Å². The number of halogens is 2. The van der Waals surface area contributed by atoms with Gasteiger partial charge < -0.3 is 9.80 Å². The van der Waals surface area contributed by atoms with E-state index in [2.05, 4.69) is 0 Å². The van der Waals surface area contributed by atoms with Gasteiger partial charge in [-0.05, 0) is 36.2 Å². The summed E-state index contributed by atoms with van der Waals surface area (Å²) in [4.78, 5) is 28.4. The molecule has 2 aromatic carbocycles. The van der Waals surface area contributed by atoms with Gasteiger partial charge in [0.2, 0.25) is 11.8 Å². The van der Waals surface area contributed by atoms with Crippen molar-refractivity contribution in [3.05, 3.63) is 58.9 Å². The lowest BCUT2D eigenvalue weighted by Crippen LogP contribution is -2.35. The Labute approximate surface area is 157 Å². The Morgan fingerprint density at radius 3 is 2.73 bits per heavy atom. The fourth-order valence-corrected chi connectivity index (χ4v) is 3.62. The van der Waals surface area contributed by atoms with Crippen LogP contribution in [0.3, 0.4) is 0 Å². The molecule has 0 bridgehead atoms. The lowest BCUT2D eigenvalue weighted by atomic mass is 10.1. The van der Waals surface area contributed by atoms with E-state index in [1.165, 1.54) is 23.1 Å². The molecule has 1 aliphatic rings. The van der Waals surface area contributed by atoms with Crippen molar-refractivity contribution in [1.82, 2.24) is 0 Å². The van der Waals surface area contributed by atoms with Gasteiger partial charge in [-0.3, -0.25) is 9.59 Å². The molecular formula is C20H20ClFN2O2. The van der Waals surface area contributed by atoms with Crippen LogP contribution in [0.1, 0.15) is 18.9 Å². The van der Waals surface area contributed by atoms with E-state index >= 15 is 0 Å². The summed E-state index contributed by atoms with van der Waals surface area (Å²) in [6.45, 7) is 2.37. The Bertz CT molecular complexity index is 855. The average molecular weight is 375 g/mol. The molecular weight excluding hydrogens is 355 g/mol. The average Bonchev–Trinajstić information content (AvgIpc) is 3.02. The van der Waals surface area contributed by atoms with E-state index < -0.39 is 11.7 Å². The first kappa shape index (κ1) is 18.4. The number of amides is 2. The van der Waals surface area contributed by atoms with Gasteiger partial charge in [0, 0.05) is 25.7 Å². The van der Waals surface area contributed by atoms with E-state index in [0.29, 0.717) is 12.2 Å². The van der Waals surface area contributed by atoms with Gasteiger partial charge in [-0.2, -0.15) is 0 Å². The lowest BCUT2D eigenvalue weighted by molar-refractivity contribution is -0.124. The minimum Gasteiger partial charge on any atom is -0.314 e. The van der Waals surface area contributed by atoms with Crippen molar-refractivity contribution in [3.8, 4) is 0 Å². The number of hydrogen-bond acceptors (Lipinski definition) is 2. The summed E-state index contributed by atoms with van der Waals surface area (Å²) < 4.78 is 13.2. The molecule has 4 nitrogen and oxygen atoms in total. The largest absolute Gasteiger partial charge is 0.314 e. The quantitative estimate of drug-likeness (QED) is 0.809. The monoisotopic (exact) mass is 374 g/mol. The first-order valence-corrected chi connectivity index (χ1v) is 8.91. The van der Waals surface area contributed by atoms with Crippen LogP contribution in [-0.2, 0) is 16.0 Å². The maximum atomic E-state index is 13.2. The summed E-state index contributed by atoms with van der Waals surface area (Å²) in [5.41, 5.74) is 2.36. The van der Waals surface area contributed by atoms with Gasteiger partial charge in [0.1, 0.15) is 5.82 Å². The standard InChI is InChI=1S/C20H20ClFN2O2/c1-3-13-6-4-5-7-17(13)24-12-14(10-19(24)25)20(26)23(2)18-9-8-15(22)11-16(18)21/h4-9,11,14H,3,10,12H2,1-2H3. The Morgan fingerprint density at radius 1 is 1.31 bits per heavy atom. The van der Waals surface area contributed by atoms with E-state index in [4.69, 9.17) is 11.6 Å². The van der Waals surface area contributed by atoms with Crippen LogP contribution in [0.2, 0.25) is 5.02 Å². The number of hydrogen-bond donors (Lipinski definition) is 0. The van der Waals surface area contributed by atoms with Crippen LogP contribution in [0.5, 0.6) is 0 Å². The number of carbonyl (C=O) groups excluding carboxylic acids is 2. The second-order valence-electron chi connectivity index (χ2n) is 6.38. The lowest BCUT2D eigenvalue weighted by Gasteiger charge is -2.23. The van der Waals surface area contributed by atoms with E-state index in [9.17, 15) is 14.0 Å². The van der Waals surface area contributed by atoms with Crippen molar-refractivity contribution in [1.29, 1.82) is 0 Å². The van der Waals surface area contributed by atoms with Gasteiger partial charge in [0.05, 0.1) is 16.6 Å². The Morgan fingerprint density at radius 2 is 2.04 bits per heavy atom. The molecule has 1 aliphatic heterocycles. The maximum absolute atomic E-state index is 13.2. The Hall–Kier alpha value is -2.40. The third-order valence-corrected chi connectivity index (χ3v) is 5.04. The van der Waals surface area contributed by atoms with Crippen LogP contribution in [0.25, 0.3) is 0 Å². The zero-order valence-corrected chi connectivity index (χ0v) is 15.5. The molecule has 6 heteroatoms. The third kappa shape index (κ3) is 3.44. The van der Waals surface area contributed by atoms with E-state index in [-0.39, 0.29) is 23.3 Å². The summed E-state index contributed by atoms with van der Waals surface area (Å²) in [7, 11) is 1.59. The molecule has 0 saturated carbocycles. The second-order valence-corrected chi connectivity index (χ2v) is 6.79. The highest BCUT2D eigenvalue weighted by molar-refractivity contribution is 6.33. The van der Waals surface area contributed by atoms with Crippen molar-refractivity contribution in [2.45, 2.75) is 19.8 Å². The molecule has 1 atom stereocenters. The number of para-hydroxylation sites is 1. The first-order valence-electron chi connectivity index (χ1n) is 8.53. The molecule has 26 heavy (non-hydrogen) atoms. The molecule has 0 N–H and O–H groups in total. The summed E-state index contributed by atoms with van der Waals surface area (Å²) in [6.07, 6.45) is 0.962. The second kappa shape index (κ2) is 7.46. The van der Waals surface area contributed by atoms with Gasteiger partial charge in [0.15, 0.2) is 0 Å². The number of nitrogens with zero attached hydrogens (tertiary/aromatic N) is 2. The van der Waals surface area contributed by atoms with Crippen molar-refractivity contribution in [2.24, 2.45) is 5.92 Å². The van der Waals surface area contributed by atoms with E-state index in [1.807, 2.05) is 31.2 Å². The summed E-state index contributed by atoms with van der Waals surface area (Å²) in [5.74, 6) is -1.19. The maximum Gasteiger partial charge on any atom is 0.232 e. The van der Waals surface area contributed by atoms with Crippen LogP contribution in [0, 0.1) is 11.7 Å². The number of carbonyl (C=O) groups is 2. The smallest absolute Gasteiger partial charge is 0.232 e. The minimum atomic E-state index is -0.460. The molecule has 1 heterocycles. The fraction of sp³-hybridized carbons (Fsp3) is 0.300. The fourth-order valence-electron chi connectivity index (χ4n) is 3.32. The molecule has 1 fully saturated rings. The van der Waals surface area contributed by atoms with Gasteiger partial charge >= 0.3 is 0 Å². The molecule has 1 saturated heterocycles. The number of anilines is 2. The van der Waals surface area contributed by atoms with Gasteiger partial charge in [-0.1, -0.05) is 36.7 Å². The normalized spacial score (nSPS) is 16.8. The summed E-state index contributed by atoms with van der Waals surface area (Å²) in [6, 6.07) is 11.6. The minimum absolute atomic E-state index is 0.0668. The van der Waals surface area contributed by atoms with Crippen molar-refractivity contribution in [2.75, 3.05) is 23.4 Å². The van der Waals surface area contributed by atoms with Crippen molar-refractivity contribution >= 4 is 34.8 Å². The molecule has 2 amide bonds. The van der Waals surface area contributed by atoms with Crippen LogP contribution in [0.4, 0.5) is 15.8 Å². The predicted octanol–water partition coefficient (Wildman–Crippen LogP) is 4.06. The van der Waals surface area contributed by atoms with E-state index in [0.717, 1.165) is 17.7 Å². The first-order chi connectivity index (χ1) is 12.4. The number of rotatable bonds is 4. The Balaban J connectivity index is 1.80. The highest BCUT2D eigenvalue weighted by Crippen LogP contribution is 2.32. The highest BCUT2D eigenvalue weighted by Gasteiger charge is 2.37. The molecule has 0 aliphatic carbocycles. The zero-order chi connectivity index (χ0) is 18.8. The molecule has 0 spiro atoms. The van der Waals surface area contributed by atoms with Crippen LogP contribution >= 0.6 is 11.6 Å². The molecule has 0 aromatic heterocycles. The zero-order valence-electron chi connectivity index (χ0n) is 14.7. The van der Waals surface area contributed by atoms with Crippen molar-refractivity contribution < 1.29 is 14.0 Å². The highest BCUT2D eigenvalue weighted by atomic mass is 35.5. The number of benzene rings is 2. The van der Waals surface area contributed by atoms with Gasteiger partial charge in [-0.15, -0.1) is 0 Å².